The molecule has 1 heterocycles. The maximum Gasteiger partial charge on any atom is 0.258 e. The highest BCUT2D eigenvalue weighted by Gasteiger charge is 2.14. The third-order valence-electron chi connectivity index (χ3n) is 3.03. The van der Waals surface area contributed by atoms with Crippen molar-refractivity contribution < 1.29 is 18.7 Å². The van der Waals surface area contributed by atoms with Gasteiger partial charge in [-0.25, -0.2) is 4.39 Å². The minimum atomic E-state index is -0.342. The molecule has 6 heteroatoms. The summed E-state index contributed by atoms with van der Waals surface area (Å²) in [4.78, 5) is 14.0. The van der Waals surface area contributed by atoms with Crippen molar-refractivity contribution in [1.82, 2.24) is 5.32 Å². The summed E-state index contributed by atoms with van der Waals surface area (Å²) >= 11 is 1.64. The van der Waals surface area contributed by atoms with Crippen LogP contribution in [0.4, 0.5) is 4.39 Å². The van der Waals surface area contributed by atoms with E-state index in [1.165, 1.54) is 29.1 Å². The first kappa shape index (κ1) is 16.5. The normalized spacial score (nSPS) is 12.0. The number of carbonyl (C=O) groups is 1. The summed E-state index contributed by atoms with van der Waals surface area (Å²) in [6.45, 7) is 2.28. The van der Waals surface area contributed by atoms with E-state index in [1.807, 2.05) is 19.1 Å². The Morgan fingerprint density at radius 2 is 2.00 bits per heavy atom. The quantitative estimate of drug-likeness (QED) is 0.852. The first-order valence-electron chi connectivity index (χ1n) is 6.82. The third kappa shape index (κ3) is 4.82. The van der Waals surface area contributed by atoms with Gasteiger partial charge in [-0.05, 0) is 43.3 Å². The number of nitrogens with one attached hydrogen (secondary N) is 1. The number of thiophene rings is 1. The highest BCUT2D eigenvalue weighted by molar-refractivity contribution is 7.12. The molecule has 2 rings (SSSR count). The Balaban J connectivity index is 1.78. The summed E-state index contributed by atoms with van der Waals surface area (Å²) in [5, 5.41) is 2.77. The van der Waals surface area contributed by atoms with E-state index in [1.54, 1.807) is 18.4 Å². The van der Waals surface area contributed by atoms with Crippen LogP contribution in [0.2, 0.25) is 0 Å². The summed E-state index contributed by atoms with van der Waals surface area (Å²) in [5.74, 6) is -0.139. The molecule has 0 aliphatic rings. The molecule has 0 aliphatic heterocycles. The number of benzene rings is 1. The topological polar surface area (TPSA) is 47.6 Å². The molecule has 1 N–H and O–H groups in total. The Bertz CT molecular complexity index is 612. The van der Waals surface area contributed by atoms with Crippen molar-refractivity contribution >= 4 is 17.2 Å². The smallest absolute Gasteiger partial charge is 0.258 e. The molecule has 1 atom stereocenters. The summed E-state index contributed by atoms with van der Waals surface area (Å²) in [6, 6.07) is 9.55. The van der Waals surface area contributed by atoms with Crippen molar-refractivity contribution in [3.8, 4) is 5.75 Å². The standard InChI is InChI=1S/C16H18FNO3S/c1-11-3-8-15(22-11)14(20-2)9-18-16(19)10-21-13-6-4-12(17)5-7-13/h3-8,14H,9-10H2,1-2H3,(H,18,19)/t14-/m1/s1. The largest absolute Gasteiger partial charge is 0.484 e. The minimum absolute atomic E-state index is 0.120. The molecule has 22 heavy (non-hydrogen) atoms. The van der Waals surface area contributed by atoms with Gasteiger partial charge in [0.25, 0.3) is 5.91 Å². The number of hydrogen-bond donors (Lipinski definition) is 1. The van der Waals surface area contributed by atoms with Gasteiger partial charge in [-0.3, -0.25) is 4.79 Å². The van der Waals surface area contributed by atoms with E-state index in [4.69, 9.17) is 9.47 Å². The average molecular weight is 323 g/mol. The summed E-state index contributed by atoms with van der Waals surface area (Å²) in [6.07, 6.45) is -0.173. The van der Waals surface area contributed by atoms with Crippen molar-refractivity contribution in [2.45, 2.75) is 13.0 Å². The molecular weight excluding hydrogens is 305 g/mol. The van der Waals surface area contributed by atoms with Crippen LogP contribution in [0.5, 0.6) is 5.75 Å². The third-order valence-corrected chi connectivity index (χ3v) is 4.12. The van der Waals surface area contributed by atoms with Crippen molar-refractivity contribution in [3.63, 3.8) is 0 Å². The molecular formula is C16H18FNO3S. The number of halogens is 1. The van der Waals surface area contributed by atoms with Crippen LogP contribution in [0, 0.1) is 12.7 Å². The molecule has 0 saturated carbocycles. The van der Waals surface area contributed by atoms with Crippen molar-refractivity contribution in [2.24, 2.45) is 0 Å². The van der Waals surface area contributed by atoms with Crippen LogP contribution >= 0.6 is 11.3 Å². The van der Waals surface area contributed by atoms with E-state index in [2.05, 4.69) is 5.32 Å². The fourth-order valence-electron chi connectivity index (χ4n) is 1.86. The number of amides is 1. The second kappa shape index (κ2) is 7.91. The van der Waals surface area contributed by atoms with Crippen LogP contribution < -0.4 is 10.1 Å². The molecule has 0 spiro atoms. The number of rotatable bonds is 7. The lowest BCUT2D eigenvalue weighted by molar-refractivity contribution is -0.123. The number of carbonyl (C=O) groups excluding carboxylic acids is 1. The van der Waals surface area contributed by atoms with E-state index in [0.29, 0.717) is 12.3 Å². The van der Waals surface area contributed by atoms with E-state index >= 15 is 0 Å². The highest BCUT2D eigenvalue weighted by Crippen LogP contribution is 2.24. The molecule has 2 aromatic rings. The van der Waals surface area contributed by atoms with Gasteiger partial charge in [0.2, 0.25) is 0 Å². The average Bonchev–Trinajstić information content (AvgIpc) is 2.94. The maximum absolute atomic E-state index is 12.7. The van der Waals surface area contributed by atoms with Gasteiger partial charge in [0, 0.05) is 23.4 Å². The molecule has 0 fully saturated rings. The SMILES string of the molecule is CO[C@H](CNC(=O)COc1ccc(F)cc1)c1ccc(C)s1. The van der Waals surface area contributed by atoms with Gasteiger partial charge in [-0.15, -0.1) is 11.3 Å². The van der Waals surface area contributed by atoms with Crippen LogP contribution in [0.3, 0.4) is 0 Å². The molecule has 0 radical (unpaired) electrons. The van der Waals surface area contributed by atoms with Gasteiger partial charge in [0.1, 0.15) is 17.7 Å². The predicted octanol–water partition coefficient (Wildman–Crippen LogP) is 3.08. The Kier molecular flexibility index (Phi) is 5.91. The van der Waals surface area contributed by atoms with E-state index < -0.39 is 0 Å². The fraction of sp³-hybridized carbons (Fsp3) is 0.312. The molecule has 1 aromatic heterocycles. The highest BCUT2D eigenvalue weighted by atomic mass is 32.1. The number of methoxy groups -OCH3 is 1. The summed E-state index contributed by atoms with van der Waals surface area (Å²) in [7, 11) is 1.61. The van der Waals surface area contributed by atoms with Gasteiger partial charge in [-0.1, -0.05) is 0 Å². The molecule has 0 bridgehead atoms. The molecule has 0 saturated heterocycles. The first-order valence-corrected chi connectivity index (χ1v) is 7.64. The lowest BCUT2D eigenvalue weighted by atomic mass is 10.3. The molecule has 0 aliphatic carbocycles. The zero-order chi connectivity index (χ0) is 15.9. The molecule has 4 nitrogen and oxygen atoms in total. The van der Waals surface area contributed by atoms with Gasteiger partial charge in [-0.2, -0.15) is 0 Å². The van der Waals surface area contributed by atoms with Gasteiger partial charge < -0.3 is 14.8 Å². The predicted molar refractivity (Wildman–Crippen MR) is 83.7 cm³/mol. The minimum Gasteiger partial charge on any atom is -0.484 e. The molecule has 0 unspecified atom stereocenters. The lowest BCUT2D eigenvalue weighted by Crippen LogP contribution is -2.32. The fourth-order valence-corrected chi connectivity index (χ4v) is 2.82. The van der Waals surface area contributed by atoms with E-state index in [-0.39, 0.29) is 24.4 Å². The van der Waals surface area contributed by atoms with E-state index in [0.717, 1.165) is 4.88 Å². The van der Waals surface area contributed by atoms with Gasteiger partial charge in [0.15, 0.2) is 6.61 Å². The molecule has 118 valence electrons. The van der Waals surface area contributed by atoms with Crippen LogP contribution in [-0.2, 0) is 9.53 Å². The summed E-state index contributed by atoms with van der Waals surface area (Å²) < 4.78 is 23.4. The number of ether oxygens (including phenoxy) is 2. The lowest BCUT2D eigenvalue weighted by Gasteiger charge is -2.15. The Morgan fingerprint density at radius 1 is 1.27 bits per heavy atom. The second-order valence-electron chi connectivity index (χ2n) is 4.72. The molecule has 1 amide bonds. The zero-order valence-corrected chi connectivity index (χ0v) is 13.3. The Labute approximate surface area is 132 Å². The Morgan fingerprint density at radius 3 is 2.59 bits per heavy atom. The van der Waals surface area contributed by atoms with Crippen LogP contribution in [0.25, 0.3) is 0 Å². The Hall–Kier alpha value is -1.92. The second-order valence-corrected chi connectivity index (χ2v) is 6.04. The summed E-state index contributed by atoms with van der Waals surface area (Å²) in [5.41, 5.74) is 0. The number of aryl methyl sites for hydroxylation is 1. The van der Waals surface area contributed by atoms with E-state index in [9.17, 15) is 9.18 Å². The first-order chi connectivity index (χ1) is 10.6. The van der Waals surface area contributed by atoms with Crippen molar-refractivity contribution in [2.75, 3.05) is 20.3 Å². The molecule has 1 aromatic carbocycles. The van der Waals surface area contributed by atoms with Gasteiger partial charge >= 0.3 is 0 Å². The van der Waals surface area contributed by atoms with Gasteiger partial charge in [0.05, 0.1) is 0 Å². The van der Waals surface area contributed by atoms with Crippen molar-refractivity contribution in [1.29, 1.82) is 0 Å². The monoisotopic (exact) mass is 323 g/mol. The van der Waals surface area contributed by atoms with Crippen LogP contribution in [0.1, 0.15) is 15.9 Å². The van der Waals surface area contributed by atoms with Crippen LogP contribution in [0.15, 0.2) is 36.4 Å². The zero-order valence-electron chi connectivity index (χ0n) is 12.5. The van der Waals surface area contributed by atoms with Crippen LogP contribution in [-0.4, -0.2) is 26.2 Å². The number of hydrogen-bond acceptors (Lipinski definition) is 4. The van der Waals surface area contributed by atoms with Crippen molar-refractivity contribution in [3.05, 3.63) is 52.0 Å². The maximum atomic E-state index is 12.7.